The summed E-state index contributed by atoms with van der Waals surface area (Å²) < 4.78 is 2.78. The zero-order valence-electron chi connectivity index (χ0n) is 38.9. The highest BCUT2D eigenvalue weighted by atomic mass is 15.1. The predicted octanol–water partition coefficient (Wildman–Crippen LogP) is 18.8. The third kappa shape index (κ3) is 33.8. The molecule has 2 heteroatoms. The number of aromatic nitrogens is 2. The van der Waals surface area contributed by atoms with Gasteiger partial charge >= 0.3 is 0 Å². The molecule has 1 atom stereocenters. The van der Waals surface area contributed by atoms with Gasteiger partial charge in [0.05, 0.1) is 6.04 Å². The van der Waals surface area contributed by atoms with Crippen LogP contribution in [0.4, 0.5) is 0 Å². The van der Waals surface area contributed by atoms with E-state index < -0.39 is 0 Å². The highest BCUT2D eigenvalue weighted by Gasteiger charge is 2.22. The summed E-state index contributed by atoms with van der Waals surface area (Å²) >= 11 is 0. The van der Waals surface area contributed by atoms with Crippen LogP contribution >= 0.6 is 0 Å². The molecule has 0 aliphatic rings. The molecule has 55 heavy (non-hydrogen) atoms. The highest BCUT2D eigenvalue weighted by molar-refractivity contribution is 4.93. The third-order valence-electron chi connectivity index (χ3n) is 13.0. The van der Waals surface area contributed by atoms with Gasteiger partial charge in [-0.05, 0) is 32.6 Å². The Hall–Kier alpha value is -0.790. The van der Waals surface area contributed by atoms with Crippen LogP contribution in [-0.2, 0) is 12.8 Å². The van der Waals surface area contributed by atoms with E-state index in [-0.39, 0.29) is 0 Å². The maximum Gasteiger partial charge on any atom is 0.254 e. The number of nitrogens with one attached hydrogen (secondary N) is 1. The molecule has 0 amide bonds. The average Bonchev–Trinajstić information content (AvgIpc) is 3.60. The van der Waals surface area contributed by atoms with Gasteiger partial charge in [0, 0.05) is 12.8 Å². The fourth-order valence-corrected chi connectivity index (χ4v) is 9.16. The van der Waals surface area contributed by atoms with E-state index in [4.69, 9.17) is 0 Å². The SMILES string of the molecule is CCCCCCCCCCCCCCCCCc1c[nH]c(CCCCCCCCCCCCCCCCC)[n+]1C(C)CCCCCCCCCCCCCC. The molecule has 1 unspecified atom stereocenters. The van der Waals surface area contributed by atoms with Crippen molar-refractivity contribution in [1.29, 1.82) is 0 Å². The van der Waals surface area contributed by atoms with Crippen LogP contribution in [0.2, 0.25) is 0 Å². The molecule has 0 fully saturated rings. The molecule has 1 rings (SSSR count). The van der Waals surface area contributed by atoms with Crippen molar-refractivity contribution in [3.63, 3.8) is 0 Å². The van der Waals surface area contributed by atoms with Crippen molar-refractivity contribution in [3.8, 4) is 0 Å². The number of nitrogens with zero attached hydrogens (tertiary/aromatic N) is 1. The van der Waals surface area contributed by atoms with Crippen LogP contribution in [-0.4, -0.2) is 4.98 Å². The van der Waals surface area contributed by atoms with E-state index in [9.17, 15) is 0 Å². The van der Waals surface area contributed by atoms with E-state index in [1.54, 1.807) is 5.69 Å². The summed E-state index contributed by atoms with van der Waals surface area (Å²) in [6.45, 7) is 9.48. The second-order valence-electron chi connectivity index (χ2n) is 18.5. The van der Waals surface area contributed by atoms with Gasteiger partial charge in [0.15, 0.2) is 0 Å². The van der Waals surface area contributed by atoms with Crippen LogP contribution in [0.5, 0.6) is 0 Å². The molecule has 0 aliphatic heterocycles. The van der Waals surface area contributed by atoms with Crippen LogP contribution in [0.1, 0.15) is 321 Å². The zero-order valence-corrected chi connectivity index (χ0v) is 38.9. The highest BCUT2D eigenvalue weighted by Crippen LogP contribution is 2.19. The minimum Gasteiger partial charge on any atom is -0.247 e. The van der Waals surface area contributed by atoms with E-state index in [0.717, 1.165) is 0 Å². The second-order valence-corrected chi connectivity index (χ2v) is 18.5. The first-order valence-corrected chi connectivity index (χ1v) is 26.3. The smallest absolute Gasteiger partial charge is 0.247 e. The summed E-state index contributed by atoms with van der Waals surface area (Å²) in [5.74, 6) is 1.53. The Kier molecular flexibility index (Phi) is 40.6. The number of aryl methyl sites for hydroxylation is 2. The lowest BCUT2D eigenvalue weighted by molar-refractivity contribution is -0.732. The topological polar surface area (TPSA) is 19.7 Å². The molecule has 0 aromatic carbocycles. The van der Waals surface area contributed by atoms with E-state index in [2.05, 4.69) is 43.4 Å². The number of aromatic amines is 1. The first kappa shape index (κ1) is 52.2. The molecule has 0 spiro atoms. The molecule has 0 bridgehead atoms. The van der Waals surface area contributed by atoms with Crippen LogP contribution in [0, 0.1) is 0 Å². The largest absolute Gasteiger partial charge is 0.254 e. The fourth-order valence-electron chi connectivity index (χ4n) is 9.16. The third-order valence-corrected chi connectivity index (χ3v) is 13.0. The summed E-state index contributed by atoms with van der Waals surface area (Å²) in [6, 6.07) is 0.632. The zero-order chi connectivity index (χ0) is 39.5. The molecule has 2 nitrogen and oxygen atoms in total. The average molecular weight is 770 g/mol. The normalized spacial score (nSPS) is 12.3. The van der Waals surface area contributed by atoms with Crippen molar-refractivity contribution in [2.24, 2.45) is 0 Å². The number of rotatable bonds is 46. The van der Waals surface area contributed by atoms with Gasteiger partial charge in [-0.15, -0.1) is 0 Å². The Bertz CT molecular complexity index is 805. The Labute approximate surface area is 348 Å². The summed E-state index contributed by atoms with van der Waals surface area (Å²) in [6.07, 6.45) is 66.8. The molecule has 326 valence electrons. The summed E-state index contributed by atoms with van der Waals surface area (Å²) in [5, 5.41) is 0. The van der Waals surface area contributed by atoms with E-state index in [1.807, 2.05) is 0 Å². The van der Waals surface area contributed by atoms with Gasteiger partial charge in [-0.2, -0.15) is 0 Å². The van der Waals surface area contributed by atoms with Gasteiger partial charge in [0.25, 0.3) is 5.82 Å². The molecular formula is C53H105N2+. The first-order chi connectivity index (χ1) is 27.2. The van der Waals surface area contributed by atoms with Gasteiger partial charge in [-0.1, -0.05) is 271 Å². The lowest BCUT2D eigenvalue weighted by Crippen LogP contribution is -2.44. The molecule has 1 aromatic heterocycles. The van der Waals surface area contributed by atoms with E-state index in [0.29, 0.717) is 6.04 Å². The van der Waals surface area contributed by atoms with Crippen molar-refractivity contribution in [2.45, 2.75) is 323 Å². The van der Waals surface area contributed by atoms with E-state index >= 15 is 0 Å². The monoisotopic (exact) mass is 770 g/mol. The minimum atomic E-state index is 0.632. The molecule has 0 saturated carbocycles. The second kappa shape index (κ2) is 42.8. The van der Waals surface area contributed by atoms with Gasteiger partial charge in [-0.25, -0.2) is 9.55 Å². The Balaban J connectivity index is 2.32. The number of H-pyrrole nitrogens is 1. The Morgan fingerprint density at radius 2 is 0.600 bits per heavy atom. The number of hydrogen-bond donors (Lipinski definition) is 1. The van der Waals surface area contributed by atoms with Crippen LogP contribution in [0.3, 0.4) is 0 Å². The molecule has 0 aliphatic carbocycles. The quantitative estimate of drug-likeness (QED) is 0.0503. The van der Waals surface area contributed by atoms with Crippen molar-refractivity contribution in [1.82, 2.24) is 4.98 Å². The minimum absolute atomic E-state index is 0.632. The van der Waals surface area contributed by atoms with Crippen molar-refractivity contribution < 1.29 is 4.57 Å². The number of hydrogen-bond acceptors (Lipinski definition) is 0. The number of unbranched alkanes of at least 4 members (excludes halogenated alkanes) is 39. The fraction of sp³-hybridized carbons (Fsp3) is 0.943. The lowest BCUT2D eigenvalue weighted by Gasteiger charge is -2.14. The van der Waals surface area contributed by atoms with Gasteiger partial charge in [0.1, 0.15) is 11.9 Å². The Morgan fingerprint density at radius 3 is 0.909 bits per heavy atom. The summed E-state index contributed by atoms with van der Waals surface area (Å²) in [5.41, 5.74) is 1.59. The summed E-state index contributed by atoms with van der Waals surface area (Å²) in [4.78, 5) is 3.82. The van der Waals surface area contributed by atoms with Crippen LogP contribution in [0.15, 0.2) is 6.20 Å². The lowest BCUT2D eigenvalue weighted by atomic mass is 10.0. The van der Waals surface area contributed by atoms with Gasteiger partial charge in [-0.3, -0.25) is 0 Å². The summed E-state index contributed by atoms with van der Waals surface area (Å²) in [7, 11) is 0. The van der Waals surface area contributed by atoms with Crippen molar-refractivity contribution >= 4 is 0 Å². The molecule has 0 saturated heterocycles. The predicted molar refractivity (Wildman–Crippen MR) is 249 cm³/mol. The molecular weight excluding hydrogens is 665 g/mol. The maximum atomic E-state index is 3.82. The Morgan fingerprint density at radius 1 is 0.345 bits per heavy atom. The van der Waals surface area contributed by atoms with Crippen LogP contribution < -0.4 is 4.57 Å². The molecule has 0 radical (unpaired) electrons. The van der Waals surface area contributed by atoms with Gasteiger partial charge < -0.3 is 0 Å². The van der Waals surface area contributed by atoms with Crippen LogP contribution in [0.25, 0.3) is 0 Å². The molecule has 1 N–H and O–H groups in total. The van der Waals surface area contributed by atoms with E-state index in [1.165, 1.54) is 295 Å². The maximum absolute atomic E-state index is 3.82. The molecule has 1 aromatic rings. The number of imidazole rings is 1. The standard InChI is InChI=1S/C53H104N2/c1-5-8-11-14-17-20-23-26-28-30-33-36-39-42-45-48-52-50-54-53(49-46-43-40-37-34-31-29-27-24-21-18-15-12-9-6-2)55(52)51(4)47-44-41-38-35-32-25-22-19-16-13-10-7-3/h50-51H,5-49H2,1-4H3/p+1. The van der Waals surface area contributed by atoms with Crippen molar-refractivity contribution in [2.75, 3.05) is 0 Å². The first-order valence-electron chi connectivity index (χ1n) is 26.3. The molecule has 1 heterocycles. The van der Waals surface area contributed by atoms with Crippen molar-refractivity contribution in [3.05, 3.63) is 17.7 Å². The van der Waals surface area contributed by atoms with Gasteiger partial charge in [0.2, 0.25) is 0 Å².